The van der Waals surface area contributed by atoms with E-state index < -0.39 is 11.6 Å². The van der Waals surface area contributed by atoms with Crippen LogP contribution in [0, 0.1) is 20.8 Å². The molecule has 0 aliphatic carbocycles. The van der Waals surface area contributed by atoms with Gasteiger partial charge >= 0.3 is 6.03 Å². The number of hydrogen-bond donors (Lipinski definition) is 3. The zero-order valence-electron chi connectivity index (χ0n) is 13.0. The molecule has 0 aliphatic rings. The molecule has 0 spiro atoms. The van der Waals surface area contributed by atoms with Crippen molar-refractivity contribution in [2.75, 3.05) is 10.6 Å². The number of benzene rings is 1. The number of aryl methyl sites for hydroxylation is 3. The van der Waals surface area contributed by atoms with Gasteiger partial charge in [-0.15, -0.1) is 0 Å². The van der Waals surface area contributed by atoms with Gasteiger partial charge in [0.1, 0.15) is 12.0 Å². The Bertz CT molecular complexity index is 936. The lowest BCUT2D eigenvalue weighted by atomic mass is 10.1. The van der Waals surface area contributed by atoms with Gasteiger partial charge in [0.15, 0.2) is 0 Å². The molecule has 0 saturated heterocycles. The normalized spacial score (nSPS) is 10.7. The molecule has 2 amide bonds. The van der Waals surface area contributed by atoms with Crippen LogP contribution in [-0.4, -0.2) is 25.6 Å². The van der Waals surface area contributed by atoms with E-state index in [9.17, 15) is 9.59 Å². The number of nitrogens with one attached hydrogen (secondary N) is 3. The van der Waals surface area contributed by atoms with Crippen LogP contribution < -0.4 is 16.2 Å². The molecule has 0 aliphatic heterocycles. The fourth-order valence-electron chi connectivity index (χ4n) is 2.43. The van der Waals surface area contributed by atoms with Gasteiger partial charge in [-0.3, -0.25) is 9.89 Å². The van der Waals surface area contributed by atoms with Crippen LogP contribution >= 0.6 is 0 Å². The van der Waals surface area contributed by atoms with E-state index in [0.29, 0.717) is 11.4 Å². The van der Waals surface area contributed by atoms with E-state index >= 15 is 0 Å². The molecule has 0 unspecified atom stereocenters. The van der Waals surface area contributed by atoms with Crippen LogP contribution in [0.5, 0.6) is 0 Å². The average Bonchev–Trinajstić information content (AvgIpc) is 2.90. The minimum Gasteiger partial charge on any atom is -0.308 e. The smallest absolute Gasteiger partial charge is 0.308 e. The van der Waals surface area contributed by atoms with E-state index in [1.807, 2.05) is 32.0 Å². The van der Waals surface area contributed by atoms with Crippen molar-refractivity contribution in [3.63, 3.8) is 0 Å². The Hall–Kier alpha value is -3.16. The Morgan fingerprint density at radius 2 is 1.83 bits per heavy atom. The fraction of sp³-hybridized carbons (Fsp3) is 0.200. The molecule has 8 heteroatoms. The number of aromatic amines is 1. The molecule has 23 heavy (non-hydrogen) atoms. The Kier molecular flexibility index (Phi) is 3.57. The fourth-order valence-corrected chi connectivity index (χ4v) is 2.43. The van der Waals surface area contributed by atoms with Gasteiger partial charge in [0.05, 0.1) is 5.69 Å². The summed E-state index contributed by atoms with van der Waals surface area (Å²) in [6.07, 6.45) is 1.36. The molecule has 3 aromatic rings. The van der Waals surface area contributed by atoms with Crippen molar-refractivity contribution in [2.45, 2.75) is 20.8 Å². The summed E-state index contributed by atoms with van der Waals surface area (Å²) in [5.41, 5.74) is 2.83. The molecule has 0 saturated carbocycles. The Morgan fingerprint density at radius 1 is 1.13 bits per heavy atom. The van der Waals surface area contributed by atoms with Crippen molar-refractivity contribution >= 4 is 23.2 Å². The van der Waals surface area contributed by atoms with Gasteiger partial charge in [-0.1, -0.05) is 6.07 Å². The van der Waals surface area contributed by atoms with Crippen LogP contribution in [0.2, 0.25) is 0 Å². The summed E-state index contributed by atoms with van der Waals surface area (Å²) in [6.45, 7) is 5.54. The van der Waals surface area contributed by atoms with Crippen molar-refractivity contribution in [3.05, 3.63) is 51.7 Å². The summed E-state index contributed by atoms with van der Waals surface area (Å²) < 4.78 is 1.17. The second-order valence-electron chi connectivity index (χ2n) is 5.36. The summed E-state index contributed by atoms with van der Waals surface area (Å²) in [5.74, 6) is 0.257. The van der Waals surface area contributed by atoms with Crippen LogP contribution in [0.25, 0.3) is 5.78 Å². The highest BCUT2D eigenvalue weighted by atomic mass is 16.2. The number of aromatic nitrogens is 4. The van der Waals surface area contributed by atoms with Crippen molar-refractivity contribution in [2.24, 2.45) is 0 Å². The molecule has 8 nitrogen and oxygen atoms in total. The number of H-pyrrole nitrogens is 1. The number of rotatable bonds is 2. The molecular weight excluding hydrogens is 296 g/mol. The Morgan fingerprint density at radius 3 is 2.52 bits per heavy atom. The first-order chi connectivity index (χ1) is 10.9. The van der Waals surface area contributed by atoms with Crippen LogP contribution in [-0.2, 0) is 0 Å². The van der Waals surface area contributed by atoms with E-state index in [4.69, 9.17) is 0 Å². The quantitative estimate of drug-likeness (QED) is 0.673. The molecule has 0 bridgehead atoms. The highest BCUT2D eigenvalue weighted by Crippen LogP contribution is 2.14. The second-order valence-corrected chi connectivity index (χ2v) is 5.36. The predicted molar refractivity (Wildman–Crippen MR) is 86.9 cm³/mol. The maximum Gasteiger partial charge on any atom is 0.323 e. The molecular formula is C15H16N6O2. The van der Waals surface area contributed by atoms with Gasteiger partial charge in [0.25, 0.3) is 11.3 Å². The highest BCUT2D eigenvalue weighted by Gasteiger charge is 2.14. The van der Waals surface area contributed by atoms with E-state index in [1.54, 1.807) is 6.92 Å². The topological polar surface area (TPSA) is 104 Å². The van der Waals surface area contributed by atoms with Gasteiger partial charge < -0.3 is 10.6 Å². The van der Waals surface area contributed by atoms with Gasteiger partial charge in [-0.25, -0.2) is 14.8 Å². The summed E-state index contributed by atoms with van der Waals surface area (Å²) in [6, 6.07) is 5.21. The largest absolute Gasteiger partial charge is 0.323 e. The summed E-state index contributed by atoms with van der Waals surface area (Å²) in [4.78, 5) is 32.6. The first-order valence-corrected chi connectivity index (χ1v) is 7.03. The maximum absolute atomic E-state index is 12.3. The van der Waals surface area contributed by atoms with Crippen LogP contribution in [0.3, 0.4) is 0 Å². The molecule has 0 fully saturated rings. The average molecular weight is 312 g/mol. The van der Waals surface area contributed by atoms with Gasteiger partial charge in [0, 0.05) is 5.69 Å². The number of amides is 2. The zero-order valence-corrected chi connectivity index (χ0v) is 13.0. The first-order valence-electron chi connectivity index (χ1n) is 7.03. The molecule has 0 atom stereocenters. The zero-order chi connectivity index (χ0) is 16.6. The summed E-state index contributed by atoms with van der Waals surface area (Å²) in [5, 5.41) is 7.92. The molecule has 0 radical (unpaired) electrons. The minimum atomic E-state index is -0.503. The lowest BCUT2D eigenvalue weighted by Gasteiger charge is -2.10. The Balaban J connectivity index is 1.87. The van der Waals surface area contributed by atoms with E-state index in [0.717, 1.165) is 11.1 Å². The summed E-state index contributed by atoms with van der Waals surface area (Å²) >= 11 is 0. The molecule has 2 heterocycles. The number of fused-ring (bicyclic) bond motifs is 1. The predicted octanol–water partition coefficient (Wildman–Crippen LogP) is 1.99. The lowest BCUT2D eigenvalue weighted by Crippen LogP contribution is -2.28. The van der Waals surface area contributed by atoms with E-state index in [2.05, 4.69) is 25.7 Å². The van der Waals surface area contributed by atoms with Gasteiger partial charge in [-0.05, 0) is 44.0 Å². The summed E-state index contributed by atoms with van der Waals surface area (Å²) in [7, 11) is 0. The maximum atomic E-state index is 12.3. The van der Waals surface area contributed by atoms with Crippen LogP contribution in [0.4, 0.5) is 16.2 Å². The third-order valence-corrected chi connectivity index (χ3v) is 3.33. The second kappa shape index (κ2) is 5.56. The molecule has 3 N–H and O–H groups in total. The SMILES string of the molecule is Cc1cc(C)cc(NC(=O)Nc2c(C)nc3nc[nH]n3c2=O)c1. The monoisotopic (exact) mass is 312 g/mol. The Labute approximate surface area is 131 Å². The first kappa shape index (κ1) is 14.8. The van der Waals surface area contributed by atoms with E-state index in [-0.39, 0.29) is 11.5 Å². The van der Waals surface area contributed by atoms with Crippen molar-refractivity contribution in [1.82, 2.24) is 19.6 Å². The lowest BCUT2D eigenvalue weighted by molar-refractivity contribution is 0.262. The van der Waals surface area contributed by atoms with Crippen molar-refractivity contribution in [3.8, 4) is 0 Å². The number of urea groups is 1. The van der Waals surface area contributed by atoms with Gasteiger partial charge in [-0.2, -0.15) is 4.52 Å². The van der Waals surface area contributed by atoms with Crippen LogP contribution in [0.15, 0.2) is 29.3 Å². The molecule has 3 rings (SSSR count). The third-order valence-electron chi connectivity index (χ3n) is 3.33. The van der Waals surface area contributed by atoms with Crippen molar-refractivity contribution < 1.29 is 4.79 Å². The van der Waals surface area contributed by atoms with Crippen LogP contribution in [0.1, 0.15) is 16.8 Å². The number of carbonyl (C=O) groups excluding carboxylic acids is 1. The standard InChI is InChI=1S/C15H16N6O2/c1-8-4-9(2)6-11(5-8)19-15(23)20-12-10(3)18-14-16-7-17-21(14)13(12)22/h4-7H,1-3H3,(H,16,17,18)(H2,19,20,23). The molecule has 1 aromatic carbocycles. The third kappa shape index (κ3) is 2.91. The molecule has 118 valence electrons. The number of carbonyl (C=O) groups is 1. The van der Waals surface area contributed by atoms with E-state index in [1.165, 1.54) is 10.8 Å². The number of nitrogens with zero attached hydrogens (tertiary/aromatic N) is 3. The number of hydrogen-bond acceptors (Lipinski definition) is 4. The number of anilines is 2. The van der Waals surface area contributed by atoms with Gasteiger partial charge in [0.2, 0.25) is 0 Å². The van der Waals surface area contributed by atoms with Crippen molar-refractivity contribution in [1.29, 1.82) is 0 Å². The minimum absolute atomic E-state index is 0.105. The molecule has 2 aromatic heterocycles. The highest BCUT2D eigenvalue weighted by molar-refractivity contribution is 6.00.